The maximum absolute atomic E-state index is 10.6. The minimum absolute atomic E-state index is 0.330. The molecule has 0 saturated carbocycles. The monoisotopic (exact) mass is 230 g/mol. The van der Waals surface area contributed by atoms with Crippen LogP contribution in [-0.2, 0) is 4.79 Å². The molecule has 0 bridgehead atoms. The van der Waals surface area contributed by atoms with Gasteiger partial charge in [-0.1, -0.05) is 24.3 Å². The molecule has 1 aromatic heterocycles. The number of carboxylic acid groups (broad SMARTS) is 1. The van der Waals surface area contributed by atoms with E-state index in [1.54, 1.807) is 6.20 Å². The first-order chi connectivity index (χ1) is 8.18. The van der Waals surface area contributed by atoms with Crippen molar-refractivity contribution in [3.8, 4) is 0 Å². The van der Waals surface area contributed by atoms with Gasteiger partial charge in [-0.25, -0.2) is 4.79 Å². The van der Waals surface area contributed by atoms with E-state index in [4.69, 9.17) is 5.11 Å². The van der Waals surface area contributed by atoms with Gasteiger partial charge in [0.2, 0.25) is 5.82 Å². The van der Waals surface area contributed by atoms with Crippen molar-refractivity contribution in [2.24, 2.45) is 10.2 Å². The van der Waals surface area contributed by atoms with Crippen LogP contribution in [0.25, 0.3) is 10.8 Å². The lowest BCUT2D eigenvalue weighted by atomic mass is 10.2. The van der Waals surface area contributed by atoms with Crippen molar-refractivity contribution in [1.29, 1.82) is 0 Å². The fourth-order valence-corrected chi connectivity index (χ4v) is 1.28. The summed E-state index contributed by atoms with van der Waals surface area (Å²) in [5.74, 6) is -0.696. The number of carboxylic acids is 1. The first kappa shape index (κ1) is 11.1. The van der Waals surface area contributed by atoms with Crippen LogP contribution in [0.2, 0.25) is 0 Å². The van der Waals surface area contributed by atoms with Gasteiger partial charge in [0, 0.05) is 10.8 Å². The molecule has 0 aliphatic rings. The Morgan fingerprint density at radius 1 is 1.41 bits per heavy atom. The van der Waals surface area contributed by atoms with E-state index in [0.29, 0.717) is 5.82 Å². The van der Waals surface area contributed by atoms with E-state index in [1.165, 1.54) is 6.92 Å². The van der Waals surface area contributed by atoms with E-state index in [1.807, 2.05) is 24.3 Å². The predicted molar refractivity (Wildman–Crippen MR) is 61.2 cm³/mol. The molecule has 0 saturated heterocycles. The van der Waals surface area contributed by atoms with Crippen LogP contribution in [-0.4, -0.2) is 27.3 Å². The SMILES string of the molecule is CC(N=Nc1nncc2ccccc12)C(=O)O. The van der Waals surface area contributed by atoms with Crippen molar-refractivity contribution in [1.82, 2.24) is 10.2 Å². The Balaban J connectivity index is 2.39. The summed E-state index contributed by atoms with van der Waals surface area (Å²) in [4.78, 5) is 10.6. The minimum atomic E-state index is -1.03. The van der Waals surface area contributed by atoms with Crippen LogP contribution in [0.4, 0.5) is 5.82 Å². The molecule has 2 rings (SSSR count). The van der Waals surface area contributed by atoms with Gasteiger partial charge in [0.25, 0.3) is 0 Å². The molecule has 0 amide bonds. The highest BCUT2D eigenvalue weighted by Crippen LogP contribution is 2.22. The molecule has 2 aromatic rings. The van der Waals surface area contributed by atoms with E-state index in [9.17, 15) is 4.79 Å². The summed E-state index contributed by atoms with van der Waals surface area (Å²) < 4.78 is 0. The fraction of sp³-hybridized carbons (Fsp3) is 0.182. The molecule has 1 unspecified atom stereocenters. The smallest absolute Gasteiger partial charge is 0.330 e. The number of benzene rings is 1. The molecule has 6 nitrogen and oxygen atoms in total. The molecule has 1 atom stereocenters. The van der Waals surface area contributed by atoms with Gasteiger partial charge in [0.1, 0.15) is 0 Å². The molecule has 86 valence electrons. The van der Waals surface area contributed by atoms with E-state index < -0.39 is 12.0 Å². The quantitative estimate of drug-likeness (QED) is 0.818. The number of carbonyl (C=O) groups is 1. The van der Waals surface area contributed by atoms with Gasteiger partial charge < -0.3 is 5.11 Å². The maximum atomic E-state index is 10.6. The van der Waals surface area contributed by atoms with Crippen LogP contribution in [0.15, 0.2) is 40.7 Å². The van der Waals surface area contributed by atoms with Crippen molar-refractivity contribution in [3.63, 3.8) is 0 Å². The summed E-state index contributed by atoms with van der Waals surface area (Å²) in [7, 11) is 0. The van der Waals surface area contributed by atoms with E-state index in [2.05, 4.69) is 20.4 Å². The van der Waals surface area contributed by atoms with Crippen molar-refractivity contribution < 1.29 is 9.90 Å². The summed E-state index contributed by atoms with van der Waals surface area (Å²) in [6.45, 7) is 1.45. The number of azo groups is 1. The molecule has 6 heteroatoms. The lowest BCUT2D eigenvalue weighted by Crippen LogP contribution is -2.11. The van der Waals surface area contributed by atoms with Gasteiger partial charge in [0.15, 0.2) is 6.04 Å². The first-order valence-electron chi connectivity index (χ1n) is 5.02. The Labute approximate surface area is 97.0 Å². The number of aliphatic carboxylic acids is 1. The molecule has 0 fully saturated rings. The largest absolute Gasteiger partial charge is 0.480 e. The summed E-state index contributed by atoms with van der Waals surface area (Å²) in [5.41, 5.74) is 0. The van der Waals surface area contributed by atoms with Crippen LogP contribution in [0.3, 0.4) is 0 Å². The van der Waals surface area contributed by atoms with Gasteiger partial charge in [-0.05, 0) is 6.92 Å². The van der Waals surface area contributed by atoms with Crippen molar-refractivity contribution >= 4 is 22.6 Å². The zero-order valence-electron chi connectivity index (χ0n) is 9.11. The van der Waals surface area contributed by atoms with Crippen molar-refractivity contribution in [3.05, 3.63) is 30.5 Å². The third-order valence-electron chi connectivity index (χ3n) is 2.23. The number of hydrogen-bond acceptors (Lipinski definition) is 5. The lowest BCUT2D eigenvalue weighted by molar-refractivity contribution is -0.138. The van der Waals surface area contributed by atoms with Crippen LogP contribution >= 0.6 is 0 Å². The third-order valence-corrected chi connectivity index (χ3v) is 2.23. The highest BCUT2D eigenvalue weighted by atomic mass is 16.4. The normalized spacial score (nSPS) is 13.0. The molecular formula is C11H10N4O2. The zero-order chi connectivity index (χ0) is 12.3. The van der Waals surface area contributed by atoms with Gasteiger partial charge >= 0.3 is 5.97 Å². The van der Waals surface area contributed by atoms with E-state index in [-0.39, 0.29) is 0 Å². The molecule has 1 aromatic carbocycles. The second kappa shape index (κ2) is 4.65. The van der Waals surface area contributed by atoms with Gasteiger partial charge in [0.05, 0.1) is 6.20 Å². The highest BCUT2D eigenvalue weighted by molar-refractivity contribution is 5.89. The number of nitrogens with zero attached hydrogens (tertiary/aromatic N) is 4. The second-order valence-corrected chi connectivity index (χ2v) is 3.49. The van der Waals surface area contributed by atoms with Crippen molar-refractivity contribution in [2.75, 3.05) is 0 Å². The zero-order valence-corrected chi connectivity index (χ0v) is 9.11. The first-order valence-corrected chi connectivity index (χ1v) is 5.02. The van der Waals surface area contributed by atoms with E-state index >= 15 is 0 Å². The highest BCUT2D eigenvalue weighted by Gasteiger charge is 2.09. The average Bonchev–Trinajstić information content (AvgIpc) is 2.35. The fourth-order valence-electron chi connectivity index (χ4n) is 1.28. The number of fused-ring (bicyclic) bond motifs is 1. The molecule has 0 aliphatic carbocycles. The second-order valence-electron chi connectivity index (χ2n) is 3.49. The predicted octanol–water partition coefficient (Wildman–Crippen LogP) is 2.19. The summed E-state index contributed by atoms with van der Waals surface area (Å²) in [6.07, 6.45) is 1.62. The lowest BCUT2D eigenvalue weighted by Gasteiger charge is -1.99. The van der Waals surface area contributed by atoms with Crippen LogP contribution in [0.5, 0.6) is 0 Å². The maximum Gasteiger partial charge on any atom is 0.330 e. The Kier molecular flexibility index (Phi) is 3.04. The standard InChI is InChI=1S/C11H10N4O2/c1-7(11(16)17)13-15-10-9-5-3-2-4-8(9)6-12-14-10/h2-7H,1H3,(H,16,17). The minimum Gasteiger partial charge on any atom is -0.480 e. The van der Waals surface area contributed by atoms with Crippen LogP contribution in [0, 0.1) is 0 Å². The van der Waals surface area contributed by atoms with Gasteiger partial charge in [-0.15, -0.1) is 10.2 Å². The molecule has 0 spiro atoms. The number of aromatic nitrogens is 2. The molecule has 0 aliphatic heterocycles. The van der Waals surface area contributed by atoms with Crippen LogP contribution in [0.1, 0.15) is 6.92 Å². The third kappa shape index (κ3) is 2.41. The topological polar surface area (TPSA) is 87.8 Å². The Morgan fingerprint density at radius 3 is 2.94 bits per heavy atom. The molecule has 1 heterocycles. The molecule has 0 radical (unpaired) electrons. The molecular weight excluding hydrogens is 220 g/mol. The van der Waals surface area contributed by atoms with Crippen molar-refractivity contribution in [2.45, 2.75) is 13.0 Å². The Morgan fingerprint density at radius 2 is 2.18 bits per heavy atom. The number of hydrogen-bond donors (Lipinski definition) is 1. The Bertz CT molecular complexity index is 577. The van der Waals surface area contributed by atoms with Crippen LogP contribution < -0.4 is 0 Å². The number of rotatable bonds is 3. The van der Waals surface area contributed by atoms with E-state index in [0.717, 1.165) is 10.8 Å². The van der Waals surface area contributed by atoms with Gasteiger partial charge in [-0.2, -0.15) is 10.2 Å². The molecule has 1 N–H and O–H groups in total. The summed E-state index contributed by atoms with van der Waals surface area (Å²) >= 11 is 0. The van der Waals surface area contributed by atoms with Gasteiger partial charge in [-0.3, -0.25) is 0 Å². The summed E-state index contributed by atoms with van der Waals surface area (Å²) in [5, 5.41) is 25.5. The Hall–Kier alpha value is -2.37. The molecule has 17 heavy (non-hydrogen) atoms. The average molecular weight is 230 g/mol. The summed E-state index contributed by atoms with van der Waals surface area (Å²) in [6, 6.07) is 6.55.